The average molecular weight is 449 g/mol. The van der Waals surface area contributed by atoms with Crippen molar-refractivity contribution in [2.75, 3.05) is 19.6 Å². The van der Waals surface area contributed by atoms with Crippen LogP contribution in [0.4, 0.5) is 14.0 Å². The number of imide groups is 1. The van der Waals surface area contributed by atoms with Crippen LogP contribution in [0.1, 0.15) is 29.7 Å². The minimum absolute atomic E-state index is 0.151. The van der Waals surface area contributed by atoms with Crippen molar-refractivity contribution in [2.45, 2.75) is 18.6 Å². The lowest BCUT2D eigenvalue weighted by Crippen LogP contribution is -2.48. The van der Waals surface area contributed by atoms with Gasteiger partial charge in [0.25, 0.3) is 0 Å². The Labute approximate surface area is 190 Å². The fourth-order valence-corrected chi connectivity index (χ4v) is 4.18. The van der Waals surface area contributed by atoms with E-state index in [-0.39, 0.29) is 13.1 Å². The van der Waals surface area contributed by atoms with Crippen molar-refractivity contribution in [3.63, 3.8) is 0 Å². The topological polar surface area (TPSA) is 98.7 Å². The number of rotatable bonds is 6. The lowest BCUT2D eigenvalue weighted by molar-refractivity contribution is -0.00290. The molecule has 0 spiro atoms. The van der Waals surface area contributed by atoms with Gasteiger partial charge in [-0.1, -0.05) is 24.3 Å². The fourth-order valence-electron chi connectivity index (χ4n) is 4.18. The molecule has 4 rings (SSSR count). The van der Waals surface area contributed by atoms with E-state index in [9.17, 15) is 19.1 Å². The molecule has 170 valence electrons. The number of urea groups is 2. The largest absolute Gasteiger partial charge is 0.378 e. The van der Waals surface area contributed by atoms with E-state index in [0.717, 1.165) is 4.90 Å². The number of halogens is 1. The van der Waals surface area contributed by atoms with E-state index < -0.39 is 29.5 Å². The molecule has 2 N–H and O–H groups in total. The predicted octanol–water partition coefficient (Wildman–Crippen LogP) is 3.06. The summed E-state index contributed by atoms with van der Waals surface area (Å²) in [4.78, 5) is 36.7. The zero-order chi connectivity index (χ0) is 23.4. The van der Waals surface area contributed by atoms with Crippen molar-refractivity contribution < 1.29 is 19.1 Å². The number of amides is 4. The first-order valence-corrected chi connectivity index (χ1v) is 10.6. The van der Waals surface area contributed by atoms with Gasteiger partial charge in [0.05, 0.1) is 6.04 Å². The summed E-state index contributed by atoms with van der Waals surface area (Å²) in [5, 5.41) is 15.0. The van der Waals surface area contributed by atoms with Crippen molar-refractivity contribution in [2.24, 2.45) is 0 Å². The summed E-state index contributed by atoms with van der Waals surface area (Å²) in [5.41, 5.74) is -0.432. The number of hydrogen-bond acceptors (Lipinski definition) is 5. The van der Waals surface area contributed by atoms with Crippen LogP contribution >= 0.6 is 0 Å². The Balaban J connectivity index is 1.89. The van der Waals surface area contributed by atoms with Crippen molar-refractivity contribution in [3.05, 3.63) is 95.8 Å². The summed E-state index contributed by atoms with van der Waals surface area (Å²) in [6, 6.07) is 10.3. The second-order valence-electron chi connectivity index (χ2n) is 7.67. The Kier molecular flexibility index (Phi) is 6.32. The van der Waals surface area contributed by atoms with Crippen molar-refractivity contribution >= 4 is 12.1 Å². The number of carbonyl (C=O) groups excluding carboxylic acids is 2. The third-order valence-electron chi connectivity index (χ3n) is 5.71. The molecule has 1 unspecified atom stereocenters. The van der Waals surface area contributed by atoms with Crippen LogP contribution in [0.2, 0.25) is 0 Å². The highest BCUT2D eigenvalue weighted by Gasteiger charge is 2.49. The molecule has 0 saturated carbocycles. The second kappa shape index (κ2) is 9.33. The van der Waals surface area contributed by atoms with Crippen LogP contribution < -0.4 is 5.32 Å². The maximum absolute atomic E-state index is 13.8. The molecule has 9 heteroatoms. The molecule has 1 atom stereocenters. The van der Waals surface area contributed by atoms with Gasteiger partial charge in [-0.25, -0.2) is 18.9 Å². The molecule has 1 saturated heterocycles. The van der Waals surface area contributed by atoms with Crippen LogP contribution in [0.5, 0.6) is 0 Å². The van der Waals surface area contributed by atoms with Crippen molar-refractivity contribution in [3.8, 4) is 0 Å². The Bertz CT molecular complexity index is 1070. The van der Waals surface area contributed by atoms with E-state index in [1.807, 2.05) is 0 Å². The number of hydrogen-bond donors (Lipinski definition) is 2. The minimum Gasteiger partial charge on any atom is -0.378 e. The van der Waals surface area contributed by atoms with Gasteiger partial charge >= 0.3 is 12.1 Å². The minimum atomic E-state index is -1.78. The van der Waals surface area contributed by atoms with E-state index in [4.69, 9.17) is 0 Å². The zero-order valence-corrected chi connectivity index (χ0v) is 18.1. The molecule has 1 aliphatic rings. The molecule has 1 fully saturated rings. The van der Waals surface area contributed by atoms with Crippen LogP contribution in [0.3, 0.4) is 0 Å². The van der Waals surface area contributed by atoms with E-state index in [2.05, 4.69) is 15.3 Å². The maximum atomic E-state index is 13.8. The van der Waals surface area contributed by atoms with E-state index in [0.29, 0.717) is 23.2 Å². The number of carbonyl (C=O) groups is 2. The average Bonchev–Trinajstić information content (AvgIpc) is 3.22. The van der Waals surface area contributed by atoms with E-state index in [1.54, 1.807) is 43.6 Å². The lowest BCUT2D eigenvalue weighted by Gasteiger charge is -2.41. The third kappa shape index (κ3) is 4.14. The number of aromatic nitrogens is 2. The Morgan fingerprint density at radius 1 is 1.09 bits per heavy atom. The van der Waals surface area contributed by atoms with E-state index >= 15 is 0 Å². The van der Waals surface area contributed by atoms with E-state index in [1.165, 1.54) is 41.6 Å². The van der Waals surface area contributed by atoms with Gasteiger partial charge in [0.15, 0.2) is 0 Å². The molecule has 33 heavy (non-hydrogen) atoms. The third-order valence-corrected chi connectivity index (χ3v) is 5.71. The van der Waals surface area contributed by atoms with Gasteiger partial charge in [0.1, 0.15) is 11.4 Å². The first-order valence-electron chi connectivity index (χ1n) is 10.6. The van der Waals surface area contributed by atoms with Gasteiger partial charge in [-0.3, -0.25) is 9.97 Å². The number of benzene rings is 1. The molecular formula is C24H24FN5O3. The van der Waals surface area contributed by atoms with Crippen LogP contribution in [-0.4, -0.2) is 56.6 Å². The van der Waals surface area contributed by atoms with Crippen LogP contribution in [0.25, 0.3) is 0 Å². The first-order chi connectivity index (χ1) is 16.0. The second-order valence-corrected chi connectivity index (χ2v) is 7.67. The van der Waals surface area contributed by atoms with Crippen LogP contribution in [0, 0.1) is 5.82 Å². The molecule has 0 radical (unpaired) electrons. The normalized spacial score (nSPS) is 14.9. The SMILES string of the molecule is CCNC(=O)N1CCN(C(c2ccc(F)cc2)C(O)(c2cccnc2)c2cccnc2)C1=O. The predicted molar refractivity (Wildman–Crippen MR) is 118 cm³/mol. The highest BCUT2D eigenvalue weighted by Crippen LogP contribution is 2.45. The van der Waals surface area contributed by atoms with Crippen LogP contribution in [0.15, 0.2) is 73.3 Å². The molecule has 2 aromatic heterocycles. The lowest BCUT2D eigenvalue weighted by atomic mass is 9.77. The number of nitrogens with zero attached hydrogens (tertiary/aromatic N) is 4. The molecule has 4 amide bonds. The number of aliphatic hydroxyl groups is 1. The summed E-state index contributed by atoms with van der Waals surface area (Å²) < 4.78 is 13.8. The molecular weight excluding hydrogens is 425 g/mol. The van der Waals surface area contributed by atoms with Gasteiger partial charge in [-0.05, 0) is 36.8 Å². The molecule has 0 bridgehead atoms. The summed E-state index contributed by atoms with van der Waals surface area (Å²) in [7, 11) is 0. The smallest absolute Gasteiger partial charge is 0.328 e. The van der Waals surface area contributed by atoms with Crippen LogP contribution in [-0.2, 0) is 5.60 Å². The van der Waals surface area contributed by atoms with Gasteiger partial charge in [0.2, 0.25) is 0 Å². The first kappa shape index (κ1) is 22.3. The molecule has 1 aliphatic heterocycles. The fraction of sp³-hybridized carbons (Fsp3) is 0.250. The summed E-state index contributed by atoms with van der Waals surface area (Å²) in [6.45, 7) is 2.47. The number of pyridine rings is 2. The van der Waals surface area contributed by atoms with Gasteiger partial charge < -0.3 is 15.3 Å². The van der Waals surface area contributed by atoms with Gasteiger partial charge in [0, 0.05) is 55.5 Å². The summed E-state index contributed by atoms with van der Waals surface area (Å²) in [6.07, 6.45) is 6.20. The Morgan fingerprint density at radius 2 is 1.70 bits per heavy atom. The molecule has 0 aliphatic carbocycles. The highest BCUT2D eigenvalue weighted by atomic mass is 19.1. The highest BCUT2D eigenvalue weighted by molar-refractivity contribution is 5.95. The van der Waals surface area contributed by atoms with Crippen molar-refractivity contribution in [1.82, 2.24) is 25.1 Å². The Hall–Kier alpha value is -3.85. The Morgan fingerprint density at radius 3 is 2.21 bits per heavy atom. The molecule has 1 aromatic carbocycles. The molecule has 3 aromatic rings. The molecule has 8 nitrogen and oxygen atoms in total. The standard InChI is InChI=1S/C24H24FN5O3/c1-2-28-22(31)30-14-13-29(23(30)32)21(17-7-9-20(25)10-8-17)24(33,18-5-3-11-26-15-18)19-6-4-12-27-16-19/h3-12,15-16,21,33H,2,13-14H2,1H3,(H,28,31). The van der Waals surface area contributed by atoms with Gasteiger partial charge in [-0.15, -0.1) is 0 Å². The molecule has 3 heterocycles. The van der Waals surface area contributed by atoms with Crippen molar-refractivity contribution in [1.29, 1.82) is 0 Å². The quantitative estimate of drug-likeness (QED) is 0.603. The maximum Gasteiger partial charge on any atom is 0.328 e. The number of nitrogens with one attached hydrogen (secondary N) is 1. The van der Waals surface area contributed by atoms with Gasteiger partial charge in [-0.2, -0.15) is 0 Å². The zero-order valence-electron chi connectivity index (χ0n) is 18.1. The summed E-state index contributed by atoms with van der Waals surface area (Å²) in [5.74, 6) is -0.444. The summed E-state index contributed by atoms with van der Waals surface area (Å²) >= 11 is 0. The monoisotopic (exact) mass is 449 g/mol.